The van der Waals surface area contributed by atoms with Crippen LogP contribution in [0.15, 0.2) is 51.8 Å². The van der Waals surface area contributed by atoms with E-state index in [-0.39, 0.29) is 17.8 Å². The predicted octanol–water partition coefficient (Wildman–Crippen LogP) is 3.69. The van der Waals surface area contributed by atoms with Gasteiger partial charge in [0.2, 0.25) is 0 Å². The molecule has 1 aromatic heterocycles. The van der Waals surface area contributed by atoms with Crippen LogP contribution in [0.4, 0.5) is 10.5 Å². The number of anilines is 1. The lowest BCUT2D eigenvalue weighted by Crippen LogP contribution is -2.33. The number of carbonyl (C=O) groups excluding carboxylic acids is 2. The zero-order valence-electron chi connectivity index (χ0n) is 11.9. The Labute approximate surface area is 132 Å². The van der Waals surface area contributed by atoms with Gasteiger partial charge < -0.3 is 9.73 Å². The molecule has 0 saturated carbocycles. The minimum Gasteiger partial charge on any atom is -0.462 e. The zero-order chi connectivity index (χ0) is 15.5. The molecule has 1 aliphatic heterocycles. The van der Waals surface area contributed by atoms with Crippen molar-refractivity contribution in [2.24, 2.45) is 0 Å². The van der Waals surface area contributed by atoms with Crippen LogP contribution in [-0.4, -0.2) is 22.7 Å². The first-order valence-electron chi connectivity index (χ1n) is 6.74. The zero-order valence-corrected chi connectivity index (χ0v) is 12.7. The molecule has 0 bridgehead atoms. The van der Waals surface area contributed by atoms with E-state index < -0.39 is 0 Å². The highest BCUT2D eigenvalue weighted by Gasteiger charge is 2.35. The molecule has 1 saturated heterocycles. The second kappa shape index (κ2) is 6.11. The van der Waals surface area contributed by atoms with Crippen LogP contribution in [0, 0.1) is 6.92 Å². The molecule has 6 heteroatoms. The Kier molecular flexibility index (Phi) is 4.02. The molecule has 0 radical (unpaired) electrons. The van der Waals surface area contributed by atoms with Gasteiger partial charge in [0.1, 0.15) is 11.5 Å². The normalized spacial score (nSPS) is 16.6. The van der Waals surface area contributed by atoms with Crippen LogP contribution in [0.25, 0.3) is 6.08 Å². The molecule has 0 unspecified atom stereocenters. The Hall–Kier alpha value is -2.47. The van der Waals surface area contributed by atoms with Gasteiger partial charge in [-0.15, -0.1) is 0 Å². The lowest BCUT2D eigenvalue weighted by Gasteiger charge is -2.14. The van der Waals surface area contributed by atoms with Gasteiger partial charge in [0, 0.05) is 11.8 Å². The molecule has 2 heterocycles. The summed E-state index contributed by atoms with van der Waals surface area (Å²) >= 11 is 0.920. The van der Waals surface area contributed by atoms with Crippen LogP contribution in [-0.2, 0) is 4.79 Å². The van der Waals surface area contributed by atoms with Gasteiger partial charge in [-0.3, -0.25) is 14.5 Å². The number of amides is 2. The van der Waals surface area contributed by atoms with Crippen molar-refractivity contribution in [3.05, 3.63) is 58.9 Å². The van der Waals surface area contributed by atoms with Crippen molar-refractivity contribution in [2.75, 3.05) is 12.0 Å². The third kappa shape index (κ3) is 3.07. The number of rotatable bonds is 4. The van der Waals surface area contributed by atoms with Crippen LogP contribution in [0.2, 0.25) is 0 Å². The van der Waals surface area contributed by atoms with Gasteiger partial charge in [-0.1, -0.05) is 18.2 Å². The number of benzene rings is 1. The molecular weight excluding hydrogens is 300 g/mol. The first kappa shape index (κ1) is 14.5. The van der Waals surface area contributed by atoms with Gasteiger partial charge in [-0.25, -0.2) is 0 Å². The summed E-state index contributed by atoms with van der Waals surface area (Å²) in [5, 5.41) is 2.77. The number of imide groups is 1. The number of nitrogens with zero attached hydrogens (tertiary/aromatic N) is 1. The van der Waals surface area contributed by atoms with Gasteiger partial charge in [-0.05, 0) is 43.0 Å². The van der Waals surface area contributed by atoms with E-state index in [1.54, 1.807) is 12.1 Å². The van der Waals surface area contributed by atoms with Crippen LogP contribution in [0.1, 0.15) is 11.5 Å². The summed E-state index contributed by atoms with van der Waals surface area (Å²) in [7, 11) is 0. The number of hydrogen-bond donors (Lipinski definition) is 1. The smallest absolute Gasteiger partial charge is 0.295 e. The minimum atomic E-state index is -0.313. The topological polar surface area (TPSA) is 62.6 Å². The molecule has 5 nitrogen and oxygen atoms in total. The Morgan fingerprint density at radius 2 is 1.95 bits per heavy atom. The molecule has 1 N–H and O–H groups in total. The van der Waals surface area contributed by atoms with Crippen LogP contribution < -0.4 is 5.32 Å². The molecule has 1 fully saturated rings. The Balaban J connectivity index is 1.70. The van der Waals surface area contributed by atoms with E-state index in [0.29, 0.717) is 10.7 Å². The highest BCUT2D eigenvalue weighted by Crippen LogP contribution is 2.32. The predicted molar refractivity (Wildman–Crippen MR) is 86.2 cm³/mol. The number of para-hydroxylation sites is 1. The summed E-state index contributed by atoms with van der Waals surface area (Å²) < 4.78 is 5.41. The van der Waals surface area contributed by atoms with Crippen LogP contribution in [0.5, 0.6) is 0 Å². The molecule has 0 spiro atoms. The van der Waals surface area contributed by atoms with Gasteiger partial charge in [0.15, 0.2) is 0 Å². The largest absolute Gasteiger partial charge is 0.462 e. The van der Waals surface area contributed by atoms with Gasteiger partial charge in [-0.2, -0.15) is 0 Å². The monoisotopic (exact) mass is 314 g/mol. The molecule has 0 atom stereocenters. The van der Waals surface area contributed by atoms with Gasteiger partial charge in [0.25, 0.3) is 11.1 Å². The maximum atomic E-state index is 12.3. The Bertz CT molecular complexity index is 737. The fraction of sp³-hybridized carbons (Fsp3) is 0.125. The van der Waals surface area contributed by atoms with Crippen molar-refractivity contribution in [3.8, 4) is 0 Å². The van der Waals surface area contributed by atoms with Crippen molar-refractivity contribution in [3.63, 3.8) is 0 Å². The summed E-state index contributed by atoms with van der Waals surface area (Å²) in [4.78, 5) is 25.8. The number of carbonyl (C=O) groups is 2. The second-order valence-electron chi connectivity index (χ2n) is 4.76. The second-order valence-corrected chi connectivity index (χ2v) is 5.75. The standard InChI is InChI=1S/C16H14N2O3S/c1-11-7-8-13(21-11)9-14-15(19)18(16(20)22-14)10-17-12-5-3-2-4-6-12/h2-9,17H,10H2,1H3. The van der Waals surface area contributed by atoms with E-state index in [4.69, 9.17) is 4.42 Å². The van der Waals surface area contributed by atoms with Gasteiger partial charge in [0.05, 0.1) is 11.6 Å². The first-order chi connectivity index (χ1) is 10.6. The lowest BCUT2D eigenvalue weighted by atomic mass is 10.3. The van der Waals surface area contributed by atoms with Crippen molar-refractivity contribution < 1.29 is 14.0 Å². The maximum absolute atomic E-state index is 12.3. The maximum Gasteiger partial charge on any atom is 0.295 e. The summed E-state index contributed by atoms with van der Waals surface area (Å²) in [6.45, 7) is 1.97. The summed E-state index contributed by atoms with van der Waals surface area (Å²) in [5.74, 6) is 1.02. The highest BCUT2D eigenvalue weighted by atomic mass is 32.2. The van der Waals surface area contributed by atoms with Crippen molar-refractivity contribution in [1.82, 2.24) is 4.90 Å². The lowest BCUT2D eigenvalue weighted by molar-refractivity contribution is -0.122. The van der Waals surface area contributed by atoms with E-state index in [1.807, 2.05) is 43.3 Å². The van der Waals surface area contributed by atoms with E-state index in [1.165, 1.54) is 4.90 Å². The van der Waals surface area contributed by atoms with E-state index in [9.17, 15) is 9.59 Å². The molecule has 1 aromatic carbocycles. The molecule has 22 heavy (non-hydrogen) atoms. The average molecular weight is 314 g/mol. The van der Waals surface area contributed by atoms with E-state index in [0.717, 1.165) is 23.2 Å². The third-order valence-corrected chi connectivity index (χ3v) is 4.03. The number of furan rings is 1. The molecule has 0 aliphatic carbocycles. The Morgan fingerprint density at radius 3 is 2.64 bits per heavy atom. The van der Waals surface area contributed by atoms with Crippen LogP contribution >= 0.6 is 11.8 Å². The molecule has 2 aromatic rings. The summed E-state index contributed by atoms with van der Waals surface area (Å²) in [6, 6.07) is 13.0. The first-order valence-corrected chi connectivity index (χ1v) is 7.56. The quantitative estimate of drug-likeness (QED) is 0.872. The molecule has 112 valence electrons. The van der Waals surface area contributed by atoms with Crippen molar-refractivity contribution >= 4 is 34.7 Å². The van der Waals surface area contributed by atoms with E-state index in [2.05, 4.69) is 5.32 Å². The SMILES string of the molecule is Cc1ccc(C=C2SC(=O)N(CNc3ccccc3)C2=O)o1. The minimum absolute atomic E-state index is 0.142. The number of aryl methyl sites for hydroxylation is 1. The average Bonchev–Trinajstić information content (AvgIpc) is 3.03. The summed E-state index contributed by atoms with van der Waals surface area (Å²) in [5.41, 5.74) is 0.854. The fourth-order valence-electron chi connectivity index (χ4n) is 2.02. The Morgan fingerprint density at radius 1 is 1.18 bits per heavy atom. The fourth-order valence-corrected chi connectivity index (χ4v) is 2.84. The number of nitrogens with one attached hydrogen (secondary N) is 1. The summed E-state index contributed by atoms with van der Waals surface area (Å²) in [6.07, 6.45) is 1.60. The molecular formula is C16H14N2O3S. The molecule has 1 aliphatic rings. The van der Waals surface area contributed by atoms with Crippen molar-refractivity contribution in [1.29, 1.82) is 0 Å². The molecule has 3 rings (SSSR count). The number of thioether (sulfide) groups is 1. The van der Waals surface area contributed by atoms with Gasteiger partial charge >= 0.3 is 0 Å². The van der Waals surface area contributed by atoms with E-state index >= 15 is 0 Å². The third-order valence-electron chi connectivity index (χ3n) is 3.12. The number of hydrogen-bond acceptors (Lipinski definition) is 5. The highest BCUT2D eigenvalue weighted by molar-refractivity contribution is 8.18. The van der Waals surface area contributed by atoms with Crippen molar-refractivity contribution in [2.45, 2.75) is 6.92 Å². The molecule has 2 amide bonds. The van der Waals surface area contributed by atoms with Crippen LogP contribution in [0.3, 0.4) is 0 Å².